The molecule has 0 aromatic heterocycles. The summed E-state index contributed by atoms with van der Waals surface area (Å²) in [6.45, 7) is 5.11. The van der Waals surface area contributed by atoms with Crippen molar-refractivity contribution in [1.82, 2.24) is 14.1 Å². The van der Waals surface area contributed by atoms with Gasteiger partial charge in [-0.25, -0.2) is 8.42 Å². The Morgan fingerprint density at radius 2 is 1.85 bits per heavy atom. The number of rotatable bonds is 4. The van der Waals surface area contributed by atoms with Crippen molar-refractivity contribution in [2.45, 2.75) is 55.4 Å². The predicted molar refractivity (Wildman–Crippen MR) is 122 cm³/mol. The third-order valence-electron chi connectivity index (χ3n) is 6.87. The molecule has 1 N–H and O–H groups in total. The number of nitrogens with zero attached hydrogens (tertiary/aromatic N) is 3. The number of β-amino-alcohol motifs (C(OH)–C–C–N with tert-alkyl or cyclic N) is 1. The van der Waals surface area contributed by atoms with Crippen molar-refractivity contribution in [3.05, 3.63) is 29.8 Å². The molecule has 0 unspecified atom stereocenters. The number of aliphatic hydroxyl groups is 1. The highest BCUT2D eigenvalue weighted by molar-refractivity contribution is 7.89. The lowest BCUT2D eigenvalue weighted by Crippen LogP contribution is -2.57. The van der Waals surface area contributed by atoms with E-state index in [1.54, 1.807) is 31.2 Å². The number of carbonyl (C=O) groups excluding carboxylic acids is 1. The second-order valence-corrected chi connectivity index (χ2v) is 11.2. The molecule has 33 heavy (non-hydrogen) atoms. The van der Waals surface area contributed by atoms with Crippen LogP contribution in [0.15, 0.2) is 29.2 Å². The number of hydrogen-bond donors (Lipinski definition) is 1. The zero-order chi connectivity index (χ0) is 23.6. The van der Waals surface area contributed by atoms with E-state index in [0.717, 1.165) is 26.2 Å². The molecule has 0 radical (unpaired) electrons. The molecule has 184 valence electrons. The van der Waals surface area contributed by atoms with E-state index in [1.807, 2.05) is 4.90 Å². The van der Waals surface area contributed by atoms with Crippen LogP contribution in [-0.2, 0) is 24.3 Å². The molecule has 4 atom stereocenters. The van der Waals surface area contributed by atoms with E-state index < -0.39 is 28.3 Å². The minimum Gasteiger partial charge on any atom is -0.389 e. The quantitative estimate of drug-likeness (QED) is 0.667. The molecule has 1 aromatic carbocycles. The number of fused-ring (bicyclic) bond motifs is 1. The molecular formula is C23H35N3O6S. The third-order valence-corrected chi connectivity index (χ3v) is 8.92. The maximum Gasteiger partial charge on any atom is 0.243 e. The van der Waals surface area contributed by atoms with Crippen LogP contribution in [0.2, 0.25) is 0 Å². The Morgan fingerprint density at radius 3 is 2.58 bits per heavy atom. The Labute approximate surface area is 196 Å². The predicted octanol–water partition coefficient (Wildman–Crippen LogP) is 0.457. The Kier molecular flexibility index (Phi) is 7.72. The zero-order valence-corrected chi connectivity index (χ0v) is 20.2. The summed E-state index contributed by atoms with van der Waals surface area (Å²) in [5.74, 6) is 0.0816. The van der Waals surface area contributed by atoms with Gasteiger partial charge in [0, 0.05) is 32.7 Å². The lowest BCUT2D eigenvalue weighted by atomic mass is 9.96. The third kappa shape index (κ3) is 5.58. The molecule has 1 amide bonds. The molecule has 3 aliphatic rings. The minimum atomic E-state index is -3.84. The Balaban J connectivity index is 1.49. The second kappa shape index (κ2) is 10.4. The molecule has 1 aromatic rings. The zero-order valence-electron chi connectivity index (χ0n) is 19.4. The van der Waals surface area contributed by atoms with Gasteiger partial charge in [-0.1, -0.05) is 18.2 Å². The fourth-order valence-corrected chi connectivity index (χ4v) is 6.87. The van der Waals surface area contributed by atoms with Gasteiger partial charge < -0.3 is 24.4 Å². The van der Waals surface area contributed by atoms with Crippen LogP contribution < -0.4 is 0 Å². The number of amides is 1. The van der Waals surface area contributed by atoms with E-state index in [1.165, 1.54) is 4.31 Å². The summed E-state index contributed by atoms with van der Waals surface area (Å²) in [7, 11) is -1.79. The number of aryl methyl sites for hydroxylation is 1. The summed E-state index contributed by atoms with van der Waals surface area (Å²) in [5, 5.41) is 10.4. The van der Waals surface area contributed by atoms with Crippen LogP contribution in [-0.4, -0.2) is 111 Å². The van der Waals surface area contributed by atoms with Gasteiger partial charge in [-0.2, -0.15) is 4.31 Å². The second-order valence-electron chi connectivity index (χ2n) is 9.36. The van der Waals surface area contributed by atoms with E-state index in [9.17, 15) is 18.3 Å². The molecule has 0 aliphatic carbocycles. The van der Waals surface area contributed by atoms with Gasteiger partial charge in [0.2, 0.25) is 15.9 Å². The first-order valence-electron chi connectivity index (χ1n) is 11.7. The molecule has 3 aliphatic heterocycles. The van der Waals surface area contributed by atoms with Crippen molar-refractivity contribution in [3.8, 4) is 0 Å². The van der Waals surface area contributed by atoms with Gasteiger partial charge in [-0.15, -0.1) is 0 Å². The molecule has 10 heteroatoms. The molecule has 0 bridgehead atoms. The summed E-state index contributed by atoms with van der Waals surface area (Å²) in [6, 6.07) is 6.42. The fourth-order valence-electron chi connectivity index (χ4n) is 4.92. The molecular weight excluding hydrogens is 446 g/mol. The van der Waals surface area contributed by atoms with Crippen molar-refractivity contribution >= 4 is 15.9 Å². The number of aliphatic hydroxyl groups excluding tert-OH is 1. The topological polar surface area (TPSA) is 99.6 Å². The molecule has 0 saturated carbocycles. The van der Waals surface area contributed by atoms with Crippen LogP contribution in [0.25, 0.3) is 0 Å². The summed E-state index contributed by atoms with van der Waals surface area (Å²) >= 11 is 0. The molecule has 3 saturated heterocycles. The maximum atomic E-state index is 13.6. The minimum absolute atomic E-state index is 0.0390. The number of benzene rings is 1. The Bertz CT molecular complexity index is 934. The highest BCUT2D eigenvalue weighted by Gasteiger charge is 2.43. The molecule has 0 spiro atoms. The van der Waals surface area contributed by atoms with Crippen molar-refractivity contribution in [2.75, 3.05) is 53.0 Å². The van der Waals surface area contributed by atoms with E-state index in [-0.39, 0.29) is 36.7 Å². The highest BCUT2D eigenvalue weighted by atomic mass is 32.2. The van der Waals surface area contributed by atoms with Crippen molar-refractivity contribution in [1.29, 1.82) is 0 Å². The first kappa shape index (κ1) is 24.6. The van der Waals surface area contributed by atoms with E-state index >= 15 is 0 Å². The number of ether oxygens (including phenoxy) is 2. The number of piperazine rings is 1. The number of likely N-dealkylation sites (N-methyl/N-ethyl adjacent to an activating group) is 1. The van der Waals surface area contributed by atoms with Crippen LogP contribution in [0.4, 0.5) is 0 Å². The smallest absolute Gasteiger partial charge is 0.243 e. The van der Waals surface area contributed by atoms with Crippen LogP contribution >= 0.6 is 0 Å². The SMILES string of the molecule is Cc1ccccc1S(=O)(=O)N1C[C@@H](O)COC[C@@H]2O[C@@H](CC(=O)N3CCN(C)CC3)CC[C@H]21. The highest BCUT2D eigenvalue weighted by Crippen LogP contribution is 2.32. The lowest BCUT2D eigenvalue weighted by Gasteiger charge is -2.44. The average Bonchev–Trinajstić information content (AvgIpc) is 2.77. The Hall–Kier alpha value is -1.56. The number of carbonyl (C=O) groups is 1. The van der Waals surface area contributed by atoms with Gasteiger partial charge in [0.05, 0.1) is 48.9 Å². The first-order chi connectivity index (χ1) is 15.8. The van der Waals surface area contributed by atoms with Crippen molar-refractivity contribution in [2.24, 2.45) is 0 Å². The largest absolute Gasteiger partial charge is 0.389 e. The monoisotopic (exact) mass is 481 g/mol. The van der Waals surface area contributed by atoms with Gasteiger partial charge in [-0.3, -0.25) is 4.79 Å². The summed E-state index contributed by atoms with van der Waals surface area (Å²) in [4.78, 5) is 17.1. The van der Waals surface area contributed by atoms with Crippen molar-refractivity contribution < 1.29 is 27.8 Å². The van der Waals surface area contributed by atoms with E-state index in [4.69, 9.17) is 9.47 Å². The summed E-state index contributed by atoms with van der Waals surface area (Å²) < 4.78 is 40.5. The maximum absolute atomic E-state index is 13.6. The summed E-state index contributed by atoms with van der Waals surface area (Å²) in [5.41, 5.74) is 0.661. The number of hydrogen-bond acceptors (Lipinski definition) is 7. The van der Waals surface area contributed by atoms with Crippen molar-refractivity contribution in [3.63, 3.8) is 0 Å². The van der Waals surface area contributed by atoms with Crippen LogP contribution in [0, 0.1) is 6.92 Å². The van der Waals surface area contributed by atoms with Gasteiger partial charge >= 0.3 is 0 Å². The van der Waals surface area contributed by atoms with Gasteiger partial charge in [0.25, 0.3) is 0 Å². The van der Waals surface area contributed by atoms with E-state index in [2.05, 4.69) is 11.9 Å². The lowest BCUT2D eigenvalue weighted by molar-refractivity contribution is -0.152. The van der Waals surface area contributed by atoms with Gasteiger partial charge in [0.15, 0.2) is 0 Å². The van der Waals surface area contributed by atoms with Gasteiger partial charge in [-0.05, 0) is 38.4 Å². The first-order valence-corrected chi connectivity index (χ1v) is 13.1. The molecule has 4 rings (SSSR count). The standard InChI is InChI=1S/C23H35N3O6S/c1-17-5-3-4-6-22(17)33(29,30)26-14-18(27)15-31-16-21-20(26)8-7-19(32-21)13-23(28)25-11-9-24(2)10-12-25/h3-6,18-21,27H,7-16H2,1-2H3/t18-,19-,20-,21+/m1/s1. The Morgan fingerprint density at radius 1 is 1.12 bits per heavy atom. The molecule has 9 nitrogen and oxygen atoms in total. The van der Waals surface area contributed by atoms with Crippen LogP contribution in [0.1, 0.15) is 24.8 Å². The van der Waals surface area contributed by atoms with E-state index in [0.29, 0.717) is 24.8 Å². The molecule has 3 heterocycles. The number of sulfonamides is 1. The normalized spacial score (nSPS) is 30.3. The fraction of sp³-hybridized carbons (Fsp3) is 0.696. The van der Waals surface area contributed by atoms with Crippen LogP contribution in [0.3, 0.4) is 0 Å². The average molecular weight is 482 g/mol. The van der Waals surface area contributed by atoms with Crippen LogP contribution in [0.5, 0.6) is 0 Å². The summed E-state index contributed by atoms with van der Waals surface area (Å²) in [6.07, 6.45) is -0.255. The van der Waals surface area contributed by atoms with Gasteiger partial charge in [0.1, 0.15) is 0 Å². The molecule has 3 fully saturated rings.